The fraction of sp³-hybridized carbons (Fsp3) is 0.571. The van der Waals surface area contributed by atoms with E-state index in [-0.39, 0.29) is 24.9 Å². The maximum absolute atomic E-state index is 14.0. The molecule has 0 aliphatic carbocycles. The van der Waals surface area contributed by atoms with Gasteiger partial charge in [0.05, 0.1) is 17.9 Å². The maximum atomic E-state index is 14.0. The summed E-state index contributed by atoms with van der Waals surface area (Å²) in [5.41, 5.74) is -0.919. The summed E-state index contributed by atoms with van der Waals surface area (Å²) < 4.78 is 51.6. The molecule has 1 saturated heterocycles. The third kappa shape index (κ3) is 4.07. The fourth-order valence-corrected chi connectivity index (χ4v) is 2.55. The van der Waals surface area contributed by atoms with Crippen molar-refractivity contribution in [3.8, 4) is 0 Å². The van der Waals surface area contributed by atoms with E-state index in [4.69, 9.17) is 5.11 Å². The van der Waals surface area contributed by atoms with Crippen molar-refractivity contribution in [3.05, 3.63) is 29.6 Å². The summed E-state index contributed by atoms with van der Waals surface area (Å²) in [5, 5.41) is 12.3. The Bertz CT molecular complexity index is 473. The molecule has 1 fully saturated rings. The van der Waals surface area contributed by atoms with Crippen LogP contribution in [0.1, 0.15) is 18.4 Å². The Hall–Kier alpha value is -1.34. The van der Waals surface area contributed by atoms with Crippen LogP contribution >= 0.6 is 0 Å². The van der Waals surface area contributed by atoms with Crippen LogP contribution in [0.3, 0.4) is 0 Å². The number of halogens is 4. The molecule has 2 rings (SSSR count). The van der Waals surface area contributed by atoms with E-state index in [1.807, 2.05) is 0 Å². The summed E-state index contributed by atoms with van der Waals surface area (Å²) in [7, 11) is 0. The number of aliphatic hydroxyl groups excluding tert-OH is 1. The molecule has 3 nitrogen and oxygen atoms in total. The van der Waals surface area contributed by atoms with Gasteiger partial charge in [0.2, 0.25) is 0 Å². The standard InChI is InChI=1S/C14H18F4N2O/c15-12-8-10(14(16,17)18)3-4-13(12)20(6-7-21)9-11-2-1-5-19-11/h3-4,8,11,19,21H,1-2,5-7,9H2. The zero-order valence-corrected chi connectivity index (χ0v) is 11.5. The monoisotopic (exact) mass is 306 g/mol. The van der Waals surface area contributed by atoms with E-state index in [1.165, 1.54) is 0 Å². The normalized spacial score (nSPS) is 19.0. The van der Waals surface area contributed by atoms with Gasteiger partial charge in [-0.3, -0.25) is 0 Å². The van der Waals surface area contributed by atoms with Gasteiger partial charge in [0.15, 0.2) is 0 Å². The Morgan fingerprint density at radius 1 is 1.33 bits per heavy atom. The highest BCUT2D eigenvalue weighted by atomic mass is 19.4. The quantitative estimate of drug-likeness (QED) is 0.820. The van der Waals surface area contributed by atoms with E-state index < -0.39 is 17.6 Å². The predicted molar refractivity (Wildman–Crippen MR) is 71.7 cm³/mol. The number of hydrogen-bond acceptors (Lipinski definition) is 3. The van der Waals surface area contributed by atoms with Crippen LogP contribution < -0.4 is 10.2 Å². The minimum Gasteiger partial charge on any atom is -0.395 e. The van der Waals surface area contributed by atoms with Gasteiger partial charge in [0.1, 0.15) is 5.82 Å². The van der Waals surface area contributed by atoms with Crippen molar-refractivity contribution in [1.29, 1.82) is 0 Å². The van der Waals surface area contributed by atoms with Crippen molar-refractivity contribution in [2.75, 3.05) is 31.1 Å². The Morgan fingerprint density at radius 2 is 2.10 bits per heavy atom. The molecule has 0 aromatic heterocycles. The number of benzene rings is 1. The molecular formula is C14H18F4N2O. The summed E-state index contributed by atoms with van der Waals surface area (Å²) in [6.45, 7) is 1.34. The Labute approximate surface area is 120 Å². The van der Waals surface area contributed by atoms with Crippen molar-refractivity contribution in [1.82, 2.24) is 5.32 Å². The van der Waals surface area contributed by atoms with Crippen LogP contribution in [0.5, 0.6) is 0 Å². The number of nitrogens with one attached hydrogen (secondary N) is 1. The second-order valence-corrected chi connectivity index (χ2v) is 5.13. The van der Waals surface area contributed by atoms with E-state index in [0.29, 0.717) is 12.6 Å². The summed E-state index contributed by atoms with van der Waals surface area (Å²) in [4.78, 5) is 1.58. The lowest BCUT2D eigenvalue weighted by Gasteiger charge is -2.28. The van der Waals surface area contributed by atoms with Gasteiger partial charge in [-0.05, 0) is 37.6 Å². The van der Waals surface area contributed by atoms with Crippen molar-refractivity contribution in [2.45, 2.75) is 25.1 Å². The molecule has 0 saturated carbocycles. The summed E-state index contributed by atoms with van der Waals surface area (Å²) in [6.07, 6.45) is -2.61. The zero-order chi connectivity index (χ0) is 15.5. The Kier molecular flexibility index (Phi) is 5.05. The van der Waals surface area contributed by atoms with Gasteiger partial charge in [-0.2, -0.15) is 13.2 Å². The fourth-order valence-electron chi connectivity index (χ4n) is 2.55. The highest BCUT2D eigenvalue weighted by Crippen LogP contribution is 2.32. The van der Waals surface area contributed by atoms with E-state index in [9.17, 15) is 17.6 Å². The van der Waals surface area contributed by atoms with Crippen LogP contribution in [-0.2, 0) is 6.18 Å². The van der Waals surface area contributed by atoms with Crippen molar-refractivity contribution < 1.29 is 22.7 Å². The lowest BCUT2D eigenvalue weighted by atomic mass is 10.1. The number of anilines is 1. The minimum atomic E-state index is -4.56. The average Bonchev–Trinajstić information content (AvgIpc) is 2.90. The molecule has 0 amide bonds. The summed E-state index contributed by atoms with van der Waals surface area (Å²) in [5.74, 6) is -0.920. The van der Waals surface area contributed by atoms with Crippen LogP contribution in [-0.4, -0.2) is 37.4 Å². The molecule has 1 atom stereocenters. The molecule has 1 heterocycles. The number of rotatable bonds is 5. The van der Waals surface area contributed by atoms with Gasteiger partial charge in [-0.25, -0.2) is 4.39 Å². The Morgan fingerprint density at radius 3 is 2.62 bits per heavy atom. The molecule has 0 radical (unpaired) electrons. The smallest absolute Gasteiger partial charge is 0.395 e. The van der Waals surface area contributed by atoms with Crippen LogP contribution in [0.15, 0.2) is 18.2 Å². The van der Waals surface area contributed by atoms with E-state index in [2.05, 4.69) is 5.32 Å². The Balaban J connectivity index is 2.19. The average molecular weight is 306 g/mol. The maximum Gasteiger partial charge on any atom is 0.416 e. The summed E-state index contributed by atoms with van der Waals surface area (Å²) in [6, 6.07) is 2.66. The molecule has 1 aliphatic heterocycles. The second-order valence-electron chi connectivity index (χ2n) is 5.13. The molecule has 118 valence electrons. The third-order valence-corrected chi connectivity index (χ3v) is 3.59. The lowest BCUT2D eigenvalue weighted by molar-refractivity contribution is -0.137. The highest BCUT2D eigenvalue weighted by Gasteiger charge is 2.31. The zero-order valence-electron chi connectivity index (χ0n) is 11.5. The largest absolute Gasteiger partial charge is 0.416 e. The molecular weight excluding hydrogens is 288 g/mol. The van der Waals surface area contributed by atoms with Gasteiger partial charge in [0.25, 0.3) is 0 Å². The SMILES string of the molecule is OCCN(CC1CCCN1)c1ccc(C(F)(F)F)cc1F. The number of aliphatic hydroxyl groups is 1. The molecule has 1 aromatic carbocycles. The molecule has 1 unspecified atom stereocenters. The third-order valence-electron chi connectivity index (χ3n) is 3.59. The molecule has 21 heavy (non-hydrogen) atoms. The number of hydrogen-bond donors (Lipinski definition) is 2. The topological polar surface area (TPSA) is 35.5 Å². The number of alkyl halides is 3. The molecule has 7 heteroatoms. The van der Waals surface area contributed by atoms with Crippen molar-refractivity contribution in [2.24, 2.45) is 0 Å². The lowest BCUT2D eigenvalue weighted by Crippen LogP contribution is -2.39. The van der Waals surface area contributed by atoms with Crippen molar-refractivity contribution in [3.63, 3.8) is 0 Å². The first-order valence-electron chi connectivity index (χ1n) is 6.87. The van der Waals surface area contributed by atoms with E-state index >= 15 is 0 Å². The highest BCUT2D eigenvalue weighted by molar-refractivity contribution is 5.50. The van der Waals surface area contributed by atoms with Gasteiger partial charge >= 0.3 is 6.18 Å². The first-order chi connectivity index (χ1) is 9.91. The van der Waals surface area contributed by atoms with Crippen LogP contribution in [0.25, 0.3) is 0 Å². The van der Waals surface area contributed by atoms with Crippen LogP contribution in [0, 0.1) is 5.82 Å². The first-order valence-corrected chi connectivity index (χ1v) is 6.87. The van der Waals surface area contributed by atoms with Crippen molar-refractivity contribution >= 4 is 5.69 Å². The van der Waals surface area contributed by atoms with Gasteiger partial charge < -0.3 is 15.3 Å². The molecule has 0 spiro atoms. The van der Waals surface area contributed by atoms with Crippen LogP contribution in [0.4, 0.5) is 23.2 Å². The van der Waals surface area contributed by atoms with Gasteiger partial charge in [0, 0.05) is 19.1 Å². The van der Waals surface area contributed by atoms with E-state index in [0.717, 1.165) is 31.5 Å². The second kappa shape index (κ2) is 6.62. The van der Waals surface area contributed by atoms with E-state index in [1.54, 1.807) is 4.90 Å². The van der Waals surface area contributed by atoms with Crippen LogP contribution in [0.2, 0.25) is 0 Å². The van der Waals surface area contributed by atoms with Gasteiger partial charge in [-0.15, -0.1) is 0 Å². The molecule has 0 bridgehead atoms. The summed E-state index contributed by atoms with van der Waals surface area (Å²) >= 11 is 0. The molecule has 1 aliphatic rings. The molecule has 2 N–H and O–H groups in total. The number of nitrogens with zero attached hydrogens (tertiary/aromatic N) is 1. The molecule has 1 aromatic rings. The first kappa shape index (κ1) is 16.0. The van der Waals surface area contributed by atoms with Gasteiger partial charge in [-0.1, -0.05) is 0 Å². The predicted octanol–water partition coefficient (Wildman–Crippen LogP) is 2.40. The minimum absolute atomic E-state index is 0.0887.